The molecule has 1 aliphatic rings. The molecular formula is C20H32N2O6. The summed E-state index contributed by atoms with van der Waals surface area (Å²) in [5.74, 6) is -2.16. The summed E-state index contributed by atoms with van der Waals surface area (Å²) in [5, 5.41) is 34.8. The molecule has 2 unspecified atom stereocenters. The molecule has 0 aromatic heterocycles. The van der Waals surface area contributed by atoms with E-state index in [9.17, 15) is 14.7 Å². The third-order valence-electron chi connectivity index (χ3n) is 5.46. The van der Waals surface area contributed by atoms with Gasteiger partial charge in [-0.1, -0.05) is 18.9 Å². The van der Waals surface area contributed by atoms with E-state index in [1.54, 1.807) is 6.07 Å². The summed E-state index contributed by atoms with van der Waals surface area (Å²) in [6.07, 6.45) is 5.14. The monoisotopic (exact) mass is 396 g/mol. The second-order valence-electron chi connectivity index (χ2n) is 7.06. The van der Waals surface area contributed by atoms with Crippen molar-refractivity contribution in [2.45, 2.75) is 43.9 Å². The van der Waals surface area contributed by atoms with E-state index in [0.29, 0.717) is 18.7 Å². The van der Waals surface area contributed by atoms with Gasteiger partial charge in [-0.2, -0.15) is 0 Å². The molecule has 0 spiro atoms. The molecule has 0 heterocycles. The smallest absolute Gasteiger partial charge is 0.336 e. The highest BCUT2D eigenvalue weighted by atomic mass is 16.4. The number of aliphatic hydroxyl groups excluding tert-OH is 2. The Morgan fingerprint density at radius 3 is 2.14 bits per heavy atom. The van der Waals surface area contributed by atoms with Crippen molar-refractivity contribution >= 4 is 11.9 Å². The van der Waals surface area contributed by atoms with Crippen molar-refractivity contribution in [3.05, 3.63) is 34.9 Å². The van der Waals surface area contributed by atoms with E-state index in [4.69, 9.17) is 26.8 Å². The molecule has 0 bridgehead atoms. The zero-order chi connectivity index (χ0) is 21.2. The van der Waals surface area contributed by atoms with Crippen molar-refractivity contribution in [2.24, 2.45) is 17.4 Å². The Hall–Kier alpha value is -2.00. The van der Waals surface area contributed by atoms with Gasteiger partial charge in [0.15, 0.2) is 0 Å². The number of rotatable bonds is 8. The van der Waals surface area contributed by atoms with Crippen molar-refractivity contribution in [2.75, 3.05) is 26.3 Å². The molecule has 1 aliphatic carbocycles. The zero-order valence-electron chi connectivity index (χ0n) is 16.1. The molecule has 1 aromatic rings. The van der Waals surface area contributed by atoms with Crippen LogP contribution in [-0.2, 0) is 5.41 Å². The Morgan fingerprint density at radius 1 is 1.04 bits per heavy atom. The minimum absolute atomic E-state index is 0.0192. The summed E-state index contributed by atoms with van der Waals surface area (Å²) in [6.45, 7) is 1.14. The number of hydrogen-bond acceptors (Lipinski definition) is 6. The van der Waals surface area contributed by atoms with E-state index in [1.807, 2.05) is 0 Å². The molecule has 2 atom stereocenters. The van der Waals surface area contributed by atoms with Gasteiger partial charge in [-0.25, -0.2) is 9.59 Å². The summed E-state index contributed by atoms with van der Waals surface area (Å²) in [7, 11) is 0. The number of unbranched alkanes of at least 4 members (excludes halogenated alkanes) is 1. The fourth-order valence-corrected chi connectivity index (χ4v) is 3.90. The van der Waals surface area contributed by atoms with Gasteiger partial charge in [0, 0.05) is 25.2 Å². The maximum absolute atomic E-state index is 11.6. The van der Waals surface area contributed by atoms with Crippen LogP contribution in [0.3, 0.4) is 0 Å². The Balaban J connectivity index is 0.000000568. The fourth-order valence-electron chi connectivity index (χ4n) is 3.90. The predicted octanol–water partition coefficient (Wildman–Crippen LogP) is 1.18. The zero-order valence-corrected chi connectivity index (χ0v) is 16.1. The highest BCUT2D eigenvalue weighted by Crippen LogP contribution is 2.44. The highest BCUT2D eigenvalue weighted by Gasteiger charge is 2.42. The summed E-state index contributed by atoms with van der Waals surface area (Å²) in [4.78, 5) is 22.7. The standard InChI is InChI=1S/C16H22N2O4.C4H10O2/c17-8-11-3-1-2-6-16(11,9-18)13-5-4-10(14(19)20)7-12(13)15(21)22;5-3-1-2-4-6/h4-5,7,11H,1-3,6,8-9,17-18H2,(H,19,20)(H,21,22);5-6H,1-4H2. The van der Waals surface area contributed by atoms with Gasteiger partial charge in [-0.15, -0.1) is 0 Å². The first kappa shape index (κ1) is 24.0. The van der Waals surface area contributed by atoms with Crippen molar-refractivity contribution < 1.29 is 30.0 Å². The maximum atomic E-state index is 11.6. The lowest BCUT2D eigenvalue weighted by atomic mass is 9.61. The van der Waals surface area contributed by atoms with Gasteiger partial charge in [0.25, 0.3) is 0 Å². The second-order valence-corrected chi connectivity index (χ2v) is 7.06. The summed E-state index contributed by atoms with van der Waals surface area (Å²) in [5.41, 5.74) is 12.0. The normalized spacial score (nSPS) is 21.5. The minimum Gasteiger partial charge on any atom is -0.478 e. The number of aromatic carboxylic acids is 2. The fraction of sp³-hybridized carbons (Fsp3) is 0.600. The Bertz CT molecular complexity index is 648. The Labute approximate surface area is 165 Å². The van der Waals surface area contributed by atoms with E-state index in [-0.39, 0.29) is 30.3 Å². The van der Waals surface area contributed by atoms with Gasteiger partial charge in [0.05, 0.1) is 11.1 Å². The Kier molecular flexibility index (Phi) is 10.1. The topological polar surface area (TPSA) is 167 Å². The molecule has 28 heavy (non-hydrogen) atoms. The van der Waals surface area contributed by atoms with Gasteiger partial charge in [0.2, 0.25) is 0 Å². The van der Waals surface area contributed by atoms with Crippen LogP contribution >= 0.6 is 0 Å². The van der Waals surface area contributed by atoms with Crippen LogP contribution in [0.15, 0.2) is 18.2 Å². The van der Waals surface area contributed by atoms with Gasteiger partial charge in [-0.05, 0) is 55.8 Å². The second kappa shape index (κ2) is 11.8. The molecule has 0 amide bonds. The van der Waals surface area contributed by atoms with Crippen LogP contribution < -0.4 is 11.5 Å². The number of aliphatic hydroxyl groups is 2. The average molecular weight is 396 g/mol. The molecule has 158 valence electrons. The largest absolute Gasteiger partial charge is 0.478 e. The lowest BCUT2D eigenvalue weighted by Gasteiger charge is -2.44. The van der Waals surface area contributed by atoms with Gasteiger partial charge in [-0.3, -0.25) is 0 Å². The van der Waals surface area contributed by atoms with E-state index in [0.717, 1.165) is 38.5 Å². The number of benzene rings is 1. The predicted molar refractivity (Wildman–Crippen MR) is 106 cm³/mol. The average Bonchev–Trinajstić information content (AvgIpc) is 2.71. The molecule has 8 heteroatoms. The first-order valence-corrected chi connectivity index (χ1v) is 9.60. The molecule has 1 saturated carbocycles. The van der Waals surface area contributed by atoms with Crippen molar-refractivity contribution in [1.82, 2.24) is 0 Å². The molecular weight excluding hydrogens is 364 g/mol. The summed E-state index contributed by atoms with van der Waals surface area (Å²) < 4.78 is 0. The van der Waals surface area contributed by atoms with Crippen LogP contribution in [0.1, 0.15) is 64.8 Å². The minimum atomic E-state index is -1.14. The molecule has 0 aliphatic heterocycles. The molecule has 8 N–H and O–H groups in total. The van der Waals surface area contributed by atoms with Crippen molar-refractivity contribution in [1.29, 1.82) is 0 Å². The first-order valence-electron chi connectivity index (χ1n) is 9.60. The summed E-state index contributed by atoms with van der Waals surface area (Å²) in [6, 6.07) is 4.27. The van der Waals surface area contributed by atoms with E-state index in [1.165, 1.54) is 12.1 Å². The van der Waals surface area contributed by atoms with Crippen LogP contribution in [0.4, 0.5) is 0 Å². The third-order valence-corrected chi connectivity index (χ3v) is 5.46. The molecule has 1 aromatic carbocycles. The summed E-state index contributed by atoms with van der Waals surface area (Å²) >= 11 is 0. The number of hydrogen-bond donors (Lipinski definition) is 6. The van der Waals surface area contributed by atoms with E-state index in [2.05, 4.69) is 0 Å². The molecule has 1 fully saturated rings. The highest BCUT2D eigenvalue weighted by molar-refractivity contribution is 5.95. The maximum Gasteiger partial charge on any atom is 0.336 e. The van der Waals surface area contributed by atoms with Gasteiger partial charge >= 0.3 is 11.9 Å². The van der Waals surface area contributed by atoms with Crippen LogP contribution in [-0.4, -0.2) is 58.7 Å². The lowest BCUT2D eigenvalue weighted by Crippen LogP contribution is -2.48. The lowest BCUT2D eigenvalue weighted by molar-refractivity contribution is 0.0690. The number of nitrogens with two attached hydrogens (primary N) is 2. The van der Waals surface area contributed by atoms with Crippen LogP contribution in [0.25, 0.3) is 0 Å². The Morgan fingerprint density at radius 2 is 1.68 bits per heavy atom. The number of carboxylic acids is 2. The quantitative estimate of drug-likeness (QED) is 0.356. The third kappa shape index (κ3) is 5.75. The molecule has 0 saturated heterocycles. The van der Waals surface area contributed by atoms with Crippen LogP contribution in [0.2, 0.25) is 0 Å². The van der Waals surface area contributed by atoms with Crippen molar-refractivity contribution in [3.8, 4) is 0 Å². The number of carboxylic acid groups (broad SMARTS) is 2. The van der Waals surface area contributed by atoms with Gasteiger partial charge < -0.3 is 31.9 Å². The SMILES string of the molecule is NCC1CCCCC1(CN)c1ccc(C(=O)O)cc1C(=O)O.OCCCCO. The number of carbonyl (C=O) groups is 2. The van der Waals surface area contributed by atoms with Crippen molar-refractivity contribution in [3.63, 3.8) is 0 Å². The van der Waals surface area contributed by atoms with Crippen LogP contribution in [0.5, 0.6) is 0 Å². The van der Waals surface area contributed by atoms with Crippen LogP contribution in [0, 0.1) is 5.92 Å². The van der Waals surface area contributed by atoms with E-state index < -0.39 is 17.4 Å². The molecule has 8 nitrogen and oxygen atoms in total. The van der Waals surface area contributed by atoms with Gasteiger partial charge in [0.1, 0.15) is 0 Å². The first-order chi connectivity index (χ1) is 13.4. The molecule has 2 rings (SSSR count). The van der Waals surface area contributed by atoms with E-state index >= 15 is 0 Å². The molecule has 0 radical (unpaired) electrons.